The van der Waals surface area contributed by atoms with Crippen LogP contribution in [-0.2, 0) is 4.79 Å². The Morgan fingerprint density at radius 1 is 0.889 bits per heavy atom. The molecule has 0 heterocycles. The molecule has 3 atom stereocenters. The summed E-state index contributed by atoms with van der Waals surface area (Å²) in [6.07, 6.45) is 1.69. The molecular formula is C17H28O. The predicted molar refractivity (Wildman–Crippen MR) is 76.3 cm³/mol. The summed E-state index contributed by atoms with van der Waals surface area (Å²) in [4.78, 5) is 12.1. The van der Waals surface area contributed by atoms with Gasteiger partial charge in [-0.1, -0.05) is 59.6 Å². The average molecular weight is 248 g/mol. The van der Waals surface area contributed by atoms with Crippen LogP contribution in [0.15, 0.2) is 11.1 Å². The van der Waals surface area contributed by atoms with Crippen LogP contribution in [0.1, 0.15) is 61.3 Å². The summed E-state index contributed by atoms with van der Waals surface area (Å²) in [5.74, 6) is 1.97. The van der Waals surface area contributed by atoms with Crippen LogP contribution in [-0.4, -0.2) is 5.78 Å². The highest BCUT2D eigenvalue weighted by Crippen LogP contribution is 2.58. The summed E-state index contributed by atoms with van der Waals surface area (Å²) < 4.78 is 0. The van der Waals surface area contributed by atoms with Gasteiger partial charge in [0.2, 0.25) is 0 Å². The van der Waals surface area contributed by atoms with Crippen LogP contribution in [0.5, 0.6) is 0 Å². The van der Waals surface area contributed by atoms with Crippen molar-refractivity contribution in [3.63, 3.8) is 0 Å². The van der Waals surface area contributed by atoms with Crippen molar-refractivity contribution < 1.29 is 4.79 Å². The first-order valence-electron chi connectivity index (χ1n) is 7.35. The Morgan fingerprint density at radius 2 is 1.33 bits per heavy atom. The highest BCUT2D eigenvalue weighted by Gasteiger charge is 2.50. The number of hydrogen-bond acceptors (Lipinski definition) is 1. The predicted octanol–water partition coefficient (Wildman–Crippen LogP) is 4.62. The molecule has 18 heavy (non-hydrogen) atoms. The fourth-order valence-electron chi connectivity index (χ4n) is 4.07. The summed E-state index contributed by atoms with van der Waals surface area (Å²) in [6.45, 7) is 16.3. The lowest BCUT2D eigenvalue weighted by Gasteiger charge is -2.54. The van der Waals surface area contributed by atoms with Crippen LogP contribution in [0.4, 0.5) is 0 Å². The molecule has 0 bridgehead atoms. The number of allylic oxidation sites excluding steroid dienone is 2. The molecule has 0 spiro atoms. The van der Waals surface area contributed by atoms with E-state index in [-0.39, 0.29) is 16.7 Å². The van der Waals surface area contributed by atoms with Gasteiger partial charge in [-0.3, -0.25) is 4.79 Å². The third-order valence-corrected chi connectivity index (χ3v) is 6.36. The molecule has 0 saturated carbocycles. The molecule has 2 aliphatic carbocycles. The standard InChI is InChI=1S/C17H28O/c1-10-8-13-14(9-15(10)18)17(6,7)12(3)11(2)16(13,4)5/h10-12H,8-9H2,1-7H3. The van der Waals surface area contributed by atoms with Gasteiger partial charge in [0.1, 0.15) is 5.78 Å². The molecule has 0 aliphatic heterocycles. The van der Waals surface area contributed by atoms with Crippen LogP contribution >= 0.6 is 0 Å². The van der Waals surface area contributed by atoms with Crippen LogP contribution in [0, 0.1) is 28.6 Å². The van der Waals surface area contributed by atoms with E-state index in [9.17, 15) is 4.79 Å². The first kappa shape index (κ1) is 13.8. The van der Waals surface area contributed by atoms with E-state index in [1.165, 1.54) is 5.57 Å². The maximum Gasteiger partial charge on any atom is 0.140 e. The molecule has 0 amide bonds. The van der Waals surface area contributed by atoms with E-state index in [1.54, 1.807) is 5.57 Å². The third-order valence-electron chi connectivity index (χ3n) is 6.36. The third kappa shape index (κ3) is 1.70. The van der Waals surface area contributed by atoms with Crippen molar-refractivity contribution in [2.24, 2.45) is 28.6 Å². The Hall–Kier alpha value is -0.590. The summed E-state index contributed by atoms with van der Waals surface area (Å²) in [6, 6.07) is 0. The largest absolute Gasteiger partial charge is 0.299 e. The monoisotopic (exact) mass is 248 g/mol. The van der Waals surface area contributed by atoms with Crippen molar-refractivity contribution >= 4 is 5.78 Å². The Kier molecular flexibility index (Phi) is 3.04. The van der Waals surface area contributed by atoms with E-state index >= 15 is 0 Å². The van der Waals surface area contributed by atoms with E-state index in [4.69, 9.17) is 0 Å². The molecule has 1 nitrogen and oxygen atoms in total. The minimum absolute atomic E-state index is 0.181. The van der Waals surface area contributed by atoms with Gasteiger partial charge in [0.25, 0.3) is 0 Å². The molecule has 0 radical (unpaired) electrons. The molecule has 0 saturated heterocycles. The first-order valence-corrected chi connectivity index (χ1v) is 7.35. The van der Waals surface area contributed by atoms with E-state index < -0.39 is 0 Å². The van der Waals surface area contributed by atoms with E-state index in [1.807, 2.05) is 0 Å². The number of ketones is 1. The Balaban J connectivity index is 2.60. The van der Waals surface area contributed by atoms with Gasteiger partial charge >= 0.3 is 0 Å². The fraction of sp³-hybridized carbons (Fsp3) is 0.824. The van der Waals surface area contributed by atoms with Crippen LogP contribution in [0.3, 0.4) is 0 Å². The number of carbonyl (C=O) groups excluding carboxylic acids is 1. The van der Waals surface area contributed by atoms with Crippen molar-refractivity contribution in [2.75, 3.05) is 0 Å². The normalized spacial score (nSPS) is 38.6. The molecule has 0 fully saturated rings. The molecule has 0 aromatic carbocycles. The molecular weight excluding hydrogens is 220 g/mol. The molecule has 1 heteroatoms. The van der Waals surface area contributed by atoms with Crippen LogP contribution in [0.25, 0.3) is 0 Å². The summed E-state index contributed by atoms with van der Waals surface area (Å²) in [5, 5.41) is 0. The molecule has 2 rings (SSSR count). The zero-order chi connectivity index (χ0) is 13.9. The molecule has 3 unspecified atom stereocenters. The Labute approximate surface area is 112 Å². The zero-order valence-corrected chi connectivity index (χ0v) is 13.1. The molecule has 102 valence electrons. The quantitative estimate of drug-likeness (QED) is 0.572. The minimum Gasteiger partial charge on any atom is -0.299 e. The lowest BCUT2D eigenvalue weighted by atomic mass is 9.50. The van der Waals surface area contributed by atoms with Crippen LogP contribution < -0.4 is 0 Å². The van der Waals surface area contributed by atoms with Gasteiger partial charge in [0.05, 0.1) is 0 Å². The maximum absolute atomic E-state index is 12.1. The second kappa shape index (κ2) is 3.95. The molecule has 2 aliphatic rings. The second-order valence-corrected chi connectivity index (χ2v) is 7.73. The zero-order valence-electron chi connectivity index (χ0n) is 13.1. The number of hydrogen-bond donors (Lipinski definition) is 0. The van der Waals surface area contributed by atoms with Gasteiger partial charge < -0.3 is 0 Å². The van der Waals surface area contributed by atoms with Gasteiger partial charge in [-0.05, 0) is 29.1 Å². The van der Waals surface area contributed by atoms with Gasteiger partial charge in [0, 0.05) is 12.3 Å². The van der Waals surface area contributed by atoms with Gasteiger partial charge in [-0.25, -0.2) is 0 Å². The number of Topliss-reactive ketones (excluding diaryl/α,β-unsaturated/α-hetero) is 1. The van der Waals surface area contributed by atoms with E-state index in [2.05, 4.69) is 48.5 Å². The summed E-state index contributed by atoms with van der Waals surface area (Å²) >= 11 is 0. The van der Waals surface area contributed by atoms with Gasteiger partial charge in [0.15, 0.2) is 0 Å². The smallest absolute Gasteiger partial charge is 0.140 e. The highest BCUT2D eigenvalue weighted by molar-refractivity contribution is 5.85. The molecule has 0 aromatic rings. The van der Waals surface area contributed by atoms with Gasteiger partial charge in [-0.2, -0.15) is 0 Å². The maximum atomic E-state index is 12.1. The average Bonchev–Trinajstić information content (AvgIpc) is 2.28. The molecule has 0 N–H and O–H groups in total. The number of rotatable bonds is 0. The van der Waals surface area contributed by atoms with Crippen molar-refractivity contribution in [3.8, 4) is 0 Å². The van der Waals surface area contributed by atoms with Crippen molar-refractivity contribution in [2.45, 2.75) is 61.3 Å². The first-order chi connectivity index (χ1) is 8.10. The lowest BCUT2D eigenvalue weighted by molar-refractivity contribution is -0.123. The topological polar surface area (TPSA) is 17.1 Å². The van der Waals surface area contributed by atoms with Crippen LogP contribution in [0.2, 0.25) is 0 Å². The van der Waals surface area contributed by atoms with Crippen molar-refractivity contribution in [1.82, 2.24) is 0 Å². The number of carbonyl (C=O) groups is 1. The summed E-state index contributed by atoms with van der Waals surface area (Å²) in [7, 11) is 0. The van der Waals surface area contributed by atoms with Gasteiger partial charge in [-0.15, -0.1) is 0 Å². The second-order valence-electron chi connectivity index (χ2n) is 7.73. The Bertz CT molecular complexity index is 411. The summed E-state index contributed by atoms with van der Waals surface area (Å²) in [5.41, 5.74) is 3.48. The minimum atomic E-state index is 0.181. The molecule has 0 aromatic heterocycles. The van der Waals surface area contributed by atoms with Crippen molar-refractivity contribution in [3.05, 3.63) is 11.1 Å². The van der Waals surface area contributed by atoms with E-state index in [0.717, 1.165) is 6.42 Å². The fourth-order valence-corrected chi connectivity index (χ4v) is 4.07. The highest BCUT2D eigenvalue weighted by atomic mass is 16.1. The van der Waals surface area contributed by atoms with Crippen molar-refractivity contribution in [1.29, 1.82) is 0 Å². The Morgan fingerprint density at radius 3 is 1.83 bits per heavy atom. The van der Waals surface area contributed by atoms with E-state index in [0.29, 0.717) is 24.0 Å². The lowest BCUT2D eigenvalue weighted by Crippen LogP contribution is -2.46. The SMILES string of the molecule is CC1CC2=C(CC1=O)C(C)(C)C(C)C(C)C2(C)C.